The third-order valence-corrected chi connectivity index (χ3v) is 2.99. The molecule has 0 atom stereocenters. The number of carboxylic acids is 1. The summed E-state index contributed by atoms with van der Waals surface area (Å²) in [5.74, 6) is -0.831. The summed E-state index contributed by atoms with van der Waals surface area (Å²) in [6.07, 6.45) is 1.81. The number of hydrogen-bond acceptors (Lipinski definition) is 1. The Morgan fingerprint density at radius 2 is 2.27 bits per heavy atom. The van der Waals surface area contributed by atoms with E-state index in [1.54, 1.807) is 4.57 Å². The third-order valence-electron chi connectivity index (χ3n) is 2.36. The molecule has 2 rings (SSSR count). The van der Waals surface area contributed by atoms with E-state index in [-0.39, 0.29) is 6.54 Å². The van der Waals surface area contributed by atoms with Gasteiger partial charge in [0.05, 0.1) is 5.52 Å². The number of halogens is 1. The average molecular weight is 268 g/mol. The standard InChI is InChI=1S/C11H10BrNO2/c1-7-3-2-4-8-9(12)5-13(11(7)8)6-10(14)15/h2-5H,6H2,1H3,(H,14,15). The molecule has 0 aliphatic heterocycles. The molecule has 0 spiro atoms. The molecular formula is C11H10BrNO2. The summed E-state index contributed by atoms with van der Waals surface area (Å²) in [5, 5.41) is 9.84. The van der Waals surface area contributed by atoms with Gasteiger partial charge in [-0.25, -0.2) is 0 Å². The van der Waals surface area contributed by atoms with E-state index in [1.807, 2.05) is 31.3 Å². The Balaban J connectivity index is 2.70. The normalized spacial score (nSPS) is 10.8. The van der Waals surface area contributed by atoms with Gasteiger partial charge in [-0.05, 0) is 28.4 Å². The van der Waals surface area contributed by atoms with Gasteiger partial charge < -0.3 is 9.67 Å². The number of nitrogens with zero attached hydrogens (tertiary/aromatic N) is 1. The molecule has 3 nitrogen and oxygen atoms in total. The van der Waals surface area contributed by atoms with Gasteiger partial charge in [0.1, 0.15) is 6.54 Å². The van der Waals surface area contributed by atoms with Crippen molar-refractivity contribution in [1.82, 2.24) is 4.57 Å². The molecule has 1 N–H and O–H groups in total. The zero-order valence-electron chi connectivity index (χ0n) is 8.20. The Hall–Kier alpha value is -1.29. The molecule has 1 heterocycles. The van der Waals surface area contributed by atoms with Gasteiger partial charge in [0.2, 0.25) is 0 Å². The number of carbonyl (C=O) groups is 1. The van der Waals surface area contributed by atoms with Crippen LogP contribution in [-0.2, 0) is 11.3 Å². The zero-order chi connectivity index (χ0) is 11.0. The van der Waals surface area contributed by atoms with Crippen LogP contribution in [0.1, 0.15) is 5.56 Å². The molecule has 0 aliphatic rings. The maximum absolute atomic E-state index is 10.7. The van der Waals surface area contributed by atoms with Crippen molar-refractivity contribution in [2.24, 2.45) is 0 Å². The number of aliphatic carboxylic acids is 1. The van der Waals surface area contributed by atoms with E-state index in [0.717, 1.165) is 20.9 Å². The first kappa shape index (κ1) is 10.2. The van der Waals surface area contributed by atoms with E-state index in [1.165, 1.54) is 0 Å². The number of carboxylic acid groups (broad SMARTS) is 1. The Labute approximate surface area is 95.5 Å². The summed E-state index contributed by atoms with van der Waals surface area (Å²) in [7, 11) is 0. The van der Waals surface area contributed by atoms with Crippen molar-refractivity contribution in [1.29, 1.82) is 0 Å². The maximum atomic E-state index is 10.7. The number of aryl methyl sites for hydroxylation is 1. The SMILES string of the molecule is Cc1cccc2c(Br)cn(CC(=O)O)c12. The number of benzene rings is 1. The minimum Gasteiger partial charge on any atom is -0.480 e. The minimum absolute atomic E-state index is 0.00699. The second-order valence-electron chi connectivity index (χ2n) is 3.47. The molecule has 1 aromatic carbocycles. The lowest BCUT2D eigenvalue weighted by Crippen LogP contribution is -2.07. The summed E-state index contributed by atoms with van der Waals surface area (Å²) in [5.41, 5.74) is 2.06. The highest BCUT2D eigenvalue weighted by Gasteiger charge is 2.10. The highest BCUT2D eigenvalue weighted by atomic mass is 79.9. The lowest BCUT2D eigenvalue weighted by molar-refractivity contribution is -0.137. The Morgan fingerprint density at radius 3 is 2.93 bits per heavy atom. The monoisotopic (exact) mass is 267 g/mol. The van der Waals surface area contributed by atoms with Crippen molar-refractivity contribution < 1.29 is 9.90 Å². The molecule has 0 fully saturated rings. The molecule has 0 bridgehead atoms. The number of para-hydroxylation sites is 1. The second-order valence-corrected chi connectivity index (χ2v) is 4.32. The van der Waals surface area contributed by atoms with Gasteiger partial charge in [-0.1, -0.05) is 18.2 Å². The van der Waals surface area contributed by atoms with Crippen LogP contribution in [0.5, 0.6) is 0 Å². The fourth-order valence-corrected chi connectivity index (χ4v) is 2.34. The number of fused-ring (bicyclic) bond motifs is 1. The molecule has 0 saturated heterocycles. The van der Waals surface area contributed by atoms with Gasteiger partial charge in [0.25, 0.3) is 0 Å². The lowest BCUT2D eigenvalue weighted by atomic mass is 10.2. The fraction of sp³-hybridized carbons (Fsp3) is 0.182. The van der Waals surface area contributed by atoms with Gasteiger partial charge in [-0.15, -0.1) is 0 Å². The minimum atomic E-state index is -0.831. The van der Waals surface area contributed by atoms with Crippen LogP contribution >= 0.6 is 15.9 Å². The zero-order valence-corrected chi connectivity index (χ0v) is 9.78. The lowest BCUT2D eigenvalue weighted by Gasteiger charge is -2.03. The third kappa shape index (κ3) is 1.77. The molecule has 2 aromatic rings. The summed E-state index contributed by atoms with van der Waals surface area (Å²) in [6, 6.07) is 5.92. The largest absolute Gasteiger partial charge is 0.480 e. The second kappa shape index (κ2) is 3.70. The molecule has 1 aromatic heterocycles. The van der Waals surface area contributed by atoms with Crippen molar-refractivity contribution >= 4 is 32.8 Å². The van der Waals surface area contributed by atoms with Crippen molar-refractivity contribution in [2.45, 2.75) is 13.5 Å². The van der Waals surface area contributed by atoms with Crippen LogP contribution in [0.25, 0.3) is 10.9 Å². The predicted octanol–water partition coefficient (Wildman–Crippen LogP) is 2.80. The molecular weight excluding hydrogens is 258 g/mol. The van der Waals surface area contributed by atoms with Crippen LogP contribution in [0, 0.1) is 6.92 Å². The van der Waals surface area contributed by atoms with Gasteiger partial charge >= 0.3 is 5.97 Å². The van der Waals surface area contributed by atoms with Gasteiger partial charge in [-0.2, -0.15) is 0 Å². The predicted molar refractivity (Wildman–Crippen MR) is 62.0 cm³/mol. The summed E-state index contributed by atoms with van der Waals surface area (Å²) < 4.78 is 2.68. The molecule has 0 radical (unpaired) electrons. The summed E-state index contributed by atoms with van der Waals surface area (Å²) >= 11 is 3.43. The number of hydrogen-bond donors (Lipinski definition) is 1. The fourth-order valence-electron chi connectivity index (χ4n) is 1.77. The van der Waals surface area contributed by atoms with E-state index < -0.39 is 5.97 Å². The summed E-state index contributed by atoms with van der Waals surface area (Å²) in [6.45, 7) is 1.97. The topological polar surface area (TPSA) is 42.2 Å². The van der Waals surface area contributed by atoms with Crippen molar-refractivity contribution in [3.8, 4) is 0 Å². The van der Waals surface area contributed by atoms with Crippen LogP contribution in [0.15, 0.2) is 28.9 Å². The quantitative estimate of drug-likeness (QED) is 0.909. The molecule has 0 amide bonds. The van der Waals surface area contributed by atoms with Crippen molar-refractivity contribution in [3.05, 3.63) is 34.4 Å². The Morgan fingerprint density at radius 1 is 1.53 bits per heavy atom. The van der Waals surface area contributed by atoms with E-state index in [9.17, 15) is 4.79 Å². The van der Waals surface area contributed by atoms with E-state index >= 15 is 0 Å². The molecule has 78 valence electrons. The highest BCUT2D eigenvalue weighted by Crippen LogP contribution is 2.28. The van der Waals surface area contributed by atoms with E-state index in [2.05, 4.69) is 15.9 Å². The van der Waals surface area contributed by atoms with Crippen molar-refractivity contribution in [2.75, 3.05) is 0 Å². The molecule has 0 saturated carbocycles. The van der Waals surface area contributed by atoms with Crippen LogP contribution in [0.3, 0.4) is 0 Å². The van der Waals surface area contributed by atoms with Gasteiger partial charge in [0.15, 0.2) is 0 Å². The molecule has 15 heavy (non-hydrogen) atoms. The van der Waals surface area contributed by atoms with Crippen LogP contribution < -0.4 is 0 Å². The maximum Gasteiger partial charge on any atom is 0.323 e. The van der Waals surface area contributed by atoms with Gasteiger partial charge in [-0.3, -0.25) is 4.79 Å². The first-order valence-electron chi connectivity index (χ1n) is 4.55. The van der Waals surface area contributed by atoms with Crippen molar-refractivity contribution in [3.63, 3.8) is 0 Å². The first-order valence-corrected chi connectivity index (χ1v) is 5.34. The number of aromatic nitrogens is 1. The Kier molecular flexibility index (Phi) is 2.52. The van der Waals surface area contributed by atoms with Crippen LogP contribution in [0.2, 0.25) is 0 Å². The smallest absolute Gasteiger partial charge is 0.323 e. The summed E-state index contributed by atoms with van der Waals surface area (Å²) in [4.78, 5) is 10.7. The average Bonchev–Trinajstić information content (AvgIpc) is 2.44. The van der Waals surface area contributed by atoms with Crippen LogP contribution in [-0.4, -0.2) is 15.6 Å². The first-order chi connectivity index (χ1) is 7.09. The van der Waals surface area contributed by atoms with Gasteiger partial charge in [0, 0.05) is 16.1 Å². The van der Waals surface area contributed by atoms with E-state index in [0.29, 0.717) is 0 Å². The van der Waals surface area contributed by atoms with E-state index in [4.69, 9.17) is 5.11 Å². The molecule has 4 heteroatoms. The molecule has 0 unspecified atom stereocenters. The highest BCUT2D eigenvalue weighted by molar-refractivity contribution is 9.10. The molecule has 0 aliphatic carbocycles. The Bertz CT molecular complexity index is 531. The number of rotatable bonds is 2. The van der Waals surface area contributed by atoms with Crippen LogP contribution in [0.4, 0.5) is 0 Å².